The number of anilines is 1. The number of carboxylic acids is 1. The summed E-state index contributed by atoms with van der Waals surface area (Å²) in [7, 11) is 1.54. The molecular weight excluding hydrogens is 279 g/mol. The van der Waals surface area contributed by atoms with Crippen LogP contribution in [0.15, 0.2) is 18.2 Å². The number of rotatable bonds is 6. The van der Waals surface area contributed by atoms with Gasteiger partial charge in [-0.05, 0) is 32.0 Å². The van der Waals surface area contributed by atoms with E-state index in [1.165, 1.54) is 4.90 Å². The third kappa shape index (κ3) is 5.39. The average molecular weight is 298 g/mol. The molecule has 0 fully saturated rings. The molecule has 0 heterocycles. The van der Waals surface area contributed by atoms with Gasteiger partial charge in [-0.2, -0.15) is 0 Å². The van der Waals surface area contributed by atoms with Crippen LogP contribution < -0.4 is 5.32 Å². The number of carbonyl (C=O) groups excluding carboxylic acids is 1. The maximum absolute atomic E-state index is 13.2. The SMILES string of the molecule is CC(C)OCCN(C)C(=O)Nc1cc(F)ccc1C(=O)O. The Bertz CT molecular complexity index is 520. The first-order chi connectivity index (χ1) is 9.81. The predicted molar refractivity (Wildman–Crippen MR) is 76.1 cm³/mol. The molecule has 0 aliphatic heterocycles. The van der Waals surface area contributed by atoms with Gasteiger partial charge in [-0.15, -0.1) is 0 Å². The van der Waals surface area contributed by atoms with E-state index in [4.69, 9.17) is 9.84 Å². The summed E-state index contributed by atoms with van der Waals surface area (Å²) in [6.07, 6.45) is 0.0586. The van der Waals surface area contributed by atoms with Gasteiger partial charge >= 0.3 is 12.0 Å². The zero-order valence-electron chi connectivity index (χ0n) is 12.2. The predicted octanol–water partition coefficient (Wildman–Crippen LogP) is 2.41. The molecule has 2 amide bonds. The van der Waals surface area contributed by atoms with Gasteiger partial charge in [0.15, 0.2) is 0 Å². The van der Waals surface area contributed by atoms with E-state index in [1.807, 2.05) is 13.8 Å². The van der Waals surface area contributed by atoms with Gasteiger partial charge in [0.1, 0.15) is 5.82 Å². The Balaban J connectivity index is 2.69. The second kappa shape index (κ2) is 7.58. The fraction of sp³-hybridized carbons (Fsp3) is 0.429. The molecule has 0 radical (unpaired) electrons. The van der Waals surface area contributed by atoms with Crippen molar-refractivity contribution >= 4 is 17.7 Å². The number of ether oxygens (including phenoxy) is 1. The number of aromatic carboxylic acids is 1. The smallest absolute Gasteiger partial charge is 0.337 e. The number of nitrogens with one attached hydrogen (secondary N) is 1. The van der Waals surface area contributed by atoms with Gasteiger partial charge in [0.25, 0.3) is 0 Å². The van der Waals surface area contributed by atoms with Crippen LogP contribution in [-0.2, 0) is 4.74 Å². The van der Waals surface area contributed by atoms with Crippen molar-refractivity contribution in [3.8, 4) is 0 Å². The van der Waals surface area contributed by atoms with E-state index in [0.29, 0.717) is 13.2 Å². The van der Waals surface area contributed by atoms with Crippen LogP contribution in [0.5, 0.6) is 0 Å². The molecule has 0 saturated heterocycles. The number of carbonyl (C=O) groups is 2. The van der Waals surface area contributed by atoms with Crippen molar-refractivity contribution in [3.05, 3.63) is 29.6 Å². The van der Waals surface area contributed by atoms with Crippen molar-refractivity contribution in [1.29, 1.82) is 0 Å². The summed E-state index contributed by atoms with van der Waals surface area (Å²) in [6, 6.07) is 2.57. The molecule has 21 heavy (non-hydrogen) atoms. The molecule has 1 rings (SSSR count). The standard InChI is InChI=1S/C14H19FN2O4/c1-9(2)21-7-6-17(3)14(20)16-12-8-10(15)4-5-11(12)13(18)19/h4-5,8-9H,6-7H2,1-3H3,(H,16,20)(H,18,19). The number of urea groups is 1. The van der Waals surface area contributed by atoms with Crippen molar-refractivity contribution in [2.24, 2.45) is 0 Å². The molecule has 1 aromatic rings. The zero-order chi connectivity index (χ0) is 16.0. The van der Waals surface area contributed by atoms with Crippen LogP contribution in [0.2, 0.25) is 0 Å². The second-order valence-electron chi connectivity index (χ2n) is 4.77. The first kappa shape index (κ1) is 16.9. The molecule has 0 aliphatic rings. The number of halogens is 1. The molecule has 0 saturated carbocycles. The highest BCUT2D eigenvalue weighted by Gasteiger charge is 2.15. The first-order valence-corrected chi connectivity index (χ1v) is 6.47. The average Bonchev–Trinajstić information content (AvgIpc) is 2.37. The molecule has 1 aromatic carbocycles. The van der Waals surface area contributed by atoms with Crippen molar-refractivity contribution < 1.29 is 23.8 Å². The quantitative estimate of drug-likeness (QED) is 0.845. The lowest BCUT2D eigenvalue weighted by atomic mass is 10.2. The Morgan fingerprint density at radius 1 is 1.43 bits per heavy atom. The van der Waals surface area contributed by atoms with E-state index in [2.05, 4.69) is 5.32 Å². The highest BCUT2D eigenvalue weighted by molar-refractivity contribution is 5.99. The molecule has 0 spiro atoms. The Morgan fingerprint density at radius 2 is 2.10 bits per heavy atom. The normalized spacial score (nSPS) is 10.5. The third-order valence-corrected chi connectivity index (χ3v) is 2.68. The Morgan fingerprint density at radius 3 is 2.67 bits per heavy atom. The van der Waals surface area contributed by atoms with Crippen molar-refractivity contribution in [2.45, 2.75) is 20.0 Å². The minimum atomic E-state index is -1.24. The van der Waals surface area contributed by atoms with Crippen LogP contribution in [0.4, 0.5) is 14.9 Å². The summed E-state index contributed by atoms with van der Waals surface area (Å²) < 4.78 is 18.5. The molecule has 0 atom stereocenters. The molecule has 0 aliphatic carbocycles. The molecule has 0 bridgehead atoms. The van der Waals surface area contributed by atoms with E-state index in [9.17, 15) is 14.0 Å². The largest absolute Gasteiger partial charge is 0.478 e. The lowest BCUT2D eigenvalue weighted by Gasteiger charge is -2.19. The summed E-state index contributed by atoms with van der Waals surface area (Å²) in [5.74, 6) is -1.86. The first-order valence-electron chi connectivity index (χ1n) is 6.47. The minimum Gasteiger partial charge on any atom is -0.478 e. The summed E-state index contributed by atoms with van der Waals surface area (Å²) in [5, 5.41) is 11.4. The lowest BCUT2D eigenvalue weighted by Crippen LogP contribution is -2.34. The van der Waals surface area contributed by atoms with Crippen molar-refractivity contribution in [3.63, 3.8) is 0 Å². The van der Waals surface area contributed by atoms with Gasteiger partial charge in [-0.3, -0.25) is 0 Å². The van der Waals surface area contributed by atoms with Crippen LogP contribution in [-0.4, -0.2) is 48.3 Å². The minimum absolute atomic E-state index is 0.0586. The van der Waals surface area contributed by atoms with Gasteiger partial charge in [-0.1, -0.05) is 0 Å². The van der Waals surface area contributed by atoms with E-state index in [-0.39, 0.29) is 17.4 Å². The molecule has 6 nitrogen and oxygen atoms in total. The Hall–Kier alpha value is -2.15. The number of hydrogen-bond acceptors (Lipinski definition) is 3. The molecule has 7 heteroatoms. The topological polar surface area (TPSA) is 78.9 Å². The fourth-order valence-electron chi connectivity index (χ4n) is 1.54. The number of amides is 2. The van der Waals surface area contributed by atoms with Crippen LogP contribution in [0, 0.1) is 5.82 Å². The van der Waals surface area contributed by atoms with E-state index >= 15 is 0 Å². The lowest BCUT2D eigenvalue weighted by molar-refractivity contribution is 0.0687. The number of nitrogens with zero attached hydrogens (tertiary/aromatic N) is 1. The second-order valence-corrected chi connectivity index (χ2v) is 4.77. The molecular formula is C14H19FN2O4. The summed E-state index contributed by atoms with van der Waals surface area (Å²) >= 11 is 0. The zero-order valence-corrected chi connectivity index (χ0v) is 12.2. The van der Waals surface area contributed by atoms with Gasteiger partial charge in [0.2, 0.25) is 0 Å². The highest BCUT2D eigenvalue weighted by atomic mass is 19.1. The summed E-state index contributed by atoms with van der Waals surface area (Å²) in [4.78, 5) is 24.3. The Kier molecular flexibility index (Phi) is 6.10. The molecule has 2 N–H and O–H groups in total. The maximum Gasteiger partial charge on any atom is 0.337 e. The highest BCUT2D eigenvalue weighted by Crippen LogP contribution is 2.17. The van der Waals surface area contributed by atoms with Crippen molar-refractivity contribution in [1.82, 2.24) is 4.90 Å². The van der Waals surface area contributed by atoms with Crippen molar-refractivity contribution in [2.75, 3.05) is 25.5 Å². The monoisotopic (exact) mass is 298 g/mol. The van der Waals surface area contributed by atoms with Gasteiger partial charge < -0.3 is 20.1 Å². The molecule has 0 unspecified atom stereocenters. The maximum atomic E-state index is 13.2. The molecule has 0 aromatic heterocycles. The van der Waals surface area contributed by atoms with Gasteiger partial charge in [0.05, 0.1) is 24.0 Å². The van der Waals surface area contributed by atoms with Gasteiger partial charge in [-0.25, -0.2) is 14.0 Å². The number of hydrogen-bond donors (Lipinski definition) is 2. The van der Waals surface area contributed by atoms with Crippen LogP contribution in [0.25, 0.3) is 0 Å². The van der Waals surface area contributed by atoms with Crippen LogP contribution >= 0.6 is 0 Å². The van der Waals surface area contributed by atoms with Gasteiger partial charge in [0, 0.05) is 13.6 Å². The number of benzene rings is 1. The van der Waals surface area contributed by atoms with Crippen LogP contribution in [0.1, 0.15) is 24.2 Å². The van der Waals surface area contributed by atoms with Crippen LogP contribution in [0.3, 0.4) is 0 Å². The number of carboxylic acid groups (broad SMARTS) is 1. The van der Waals surface area contributed by atoms with E-state index in [1.54, 1.807) is 7.05 Å². The van der Waals surface area contributed by atoms with E-state index < -0.39 is 17.8 Å². The Labute approximate surface area is 122 Å². The number of likely N-dealkylation sites (N-methyl/N-ethyl adjacent to an activating group) is 1. The third-order valence-electron chi connectivity index (χ3n) is 2.68. The van der Waals surface area contributed by atoms with E-state index in [0.717, 1.165) is 18.2 Å². The fourth-order valence-corrected chi connectivity index (χ4v) is 1.54. The molecule has 116 valence electrons. The summed E-state index contributed by atoms with van der Waals surface area (Å²) in [6.45, 7) is 4.45. The summed E-state index contributed by atoms with van der Waals surface area (Å²) in [5.41, 5.74) is -0.249.